The summed E-state index contributed by atoms with van der Waals surface area (Å²) in [5.74, 6) is -0.223. The molecule has 0 radical (unpaired) electrons. The Morgan fingerprint density at radius 1 is 1.30 bits per heavy atom. The molecule has 1 amide bonds. The molecule has 3 heterocycles. The SMILES string of the molecule is CCN1CCCC1CNC(=O)c1cnn(-c2nccc(-c3ccccc3F)n2)c1C. The van der Waals surface area contributed by atoms with Crippen LogP contribution < -0.4 is 5.32 Å². The molecule has 1 aromatic carbocycles. The molecule has 7 nitrogen and oxygen atoms in total. The number of amides is 1. The first-order valence-electron chi connectivity index (χ1n) is 10.2. The van der Waals surface area contributed by atoms with Gasteiger partial charge >= 0.3 is 0 Å². The first kappa shape index (κ1) is 20.2. The molecule has 0 bridgehead atoms. The zero-order valence-electron chi connectivity index (χ0n) is 17.2. The van der Waals surface area contributed by atoms with Gasteiger partial charge in [-0.1, -0.05) is 19.1 Å². The lowest BCUT2D eigenvalue weighted by Crippen LogP contribution is -2.40. The highest BCUT2D eigenvalue weighted by molar-refractivity contribution is 5.95. The Morgan fingerprint density at radius 3 is 2.93 bits per heavy atom. The van der Waals surface area contributed by atoms with Crippen LogP contribution in [0.15, 0.2) is 42.7 Å². The third kappa shape index (κ3) is 3.95. The minimum Gasteiger partial charge on any atom is -0.350 e. The molecule has 156 valence electrons. The Hall–Kier alpha value is -3.13. The first-order chi connectivity index (χ1) is 14.6. The Kier molecular flexibility index (Phi) is 5.85. The molecule has 0 aliphatic carbocycles. The second-order valence-corrected chi connectivity index (χ2v) is 7.41. The molecule has 4 rings (SSSR count). The molecular weight excluding hydrogens is 383 g/mol. The third-order valence-corrected chi connectivity index (χ3v) is 5.64. The van der Waals surface area contributed by atoms with Crippen LogP contribution >= 0.6 is 0 Å². The van der Waals surface area contributed by atoms with E-state index in [2.05, 4.69) is 32.2 Å². The Bertz CT molecular complexity index is 1050. The molecule has 1 aliphatic heterocycles. The molecule has 1 atom stereocenters. The molecule has 1 aliphatic rings. The van der Waals surface area contributed by atoms with Gasteiger partial charge in [-0.15, -0.1) is 0 Å². The second-order valence-electron chi connectivity index (χ2n) is 7.41. The number of aromatic nitrogens is 4. The van der Waals surface area contributed by atoms with Crippen LogP contribution in [0, 0.1) is 12.7 Å². The molecule has 1 fully saturated rings. The number of nitrogens with zero attached hydrogens (tertiary/aromatic N) is 5. The van der Waals surface area contributed by atoms with Crippen molar-refractivity contribution in [3.8, 4) is 17.2 Å². The van der Waals surface area contributed by atoms with E-state index in [9.17, 15) is 9.18 Å². The number of nitrogens with one attached hydrogen (secondary N) is 1. The van der Waals surface area contributed by atoms with Gasteiger partial charge in [-0.2, -0.15) is 5.10 Å². The van der Waals surface area contributed by atoms with Crippen molar-refractivity contribution in [3.05, 3.63) is 59.8 Å². The summed E-state index contributed by atoms with van der Waals surface area (Å²) in [5.41, 5.74) is 1.97. The molecule has 3 aromatic rings. The summed E-state index contributed by atoms with van der Waals surface area (Å²) in [6.45, 7) is 6.64. The molecular formula is C22H25FN6O. The van der Waals surface area contributed by atoms with Crippen LogP contribution in [0.4, 0.5) is 4.39 Å². The molecule has 2 aromatic heterocycles. The van der Waals surface area contributed by atoms with Gasteiger partial charge in [-0.25, -0.2) is 19.0 Å². The summed E-state index contributed by atoms with van der Waals surface area (Å²) in [6, 6.07) is 8.48. The number of hydrogen-bond donors (Lipinski definition) is 1. The van der Waals surface area contributed by atoms with Crippen LogP contribution in [0.25, 0.3) is 17.2 Å². The monoisotopic (exact) mass is 408 g/mol. The van der Waals surface area contributed by atoms with Gasteiger partial charge in [-0.3, -0.25) is 9.69 Å². The molecule has 1 saturated heterocycles. The summed E-state index contributed by atoms with van der Waals surface area (Å²) in [4.78, 5) is 23.8. The van der Waals surface area contributed by atoms with Gasteiger partial charge in [0, 0.05) is 24.3 Å². The zero-order chi connectivity index (χ0) is 21.1. The minimum atomic E-state index is -0.354. The van der Waals surface area contributed by atoms with Crippen LogP contribution in [0.2, 0.25) is 0 Å². The highest BCUT2D eigenvalue weighted by Gasteiger charge is 2.24. The van der Waals surface area contributed by atoms with E-state index in [1.807, 2.05) is 0 Å². The summed E-state index contributed by atoms with van der Waals surface area (Å²) in [6.07, 6.45) is 5.35. The van der Waals surface area contributed by atoms with Crippen LogP contribution in [-0.4, -0.2) is 56.2 Å². The van der Waals surface area contributed by atoms with Gasteiger partial charge in [0.15, 0.2) is 0 Å². The average molecular weight is 408 g/mol. The molecule has 0 saturated carbocycles. The largest absolute Gasteiger partial charge is 0.350 e. The Labute approximate surface area is 175 Å². The van der Waals surface area contributed by atoms with Crippen molar-refractivity contribution < 1.29 is 9.18 Å². The minimum absolute atomic E-state index is 0.160. The number of halogens is 1. The summed E-state index contributed by atoms with van der Waals surface area (Å²) >= 11 is 0. The molecule has 0 spiro atoms. The Morgan fingerprint density at radius 2 is 2.13 bits per heavy atom. The van der Waals surface area contributed by atoms with Crippen molar-refractivity contribution in [1.82, 2.24) is 30.0 Å². The maximum absolute atomic E-state index is 14.1. The standard InChI is InChI=1S/C22H25FN6O/c1-3-28-12-6-7-16(28)13-25-21(30)18-14-26-29(15(18)2)22-24-11-10-20(27-22)17-8-4-5-9-19(17)23/h4-5,8-11,14,16H,3,6-7,12-13H2,1-2H3,(H,25,30). The van der Waals surface area contributed by atoms with Crippen LogP contribution in [-0.2, 0) is 0 Å². The van der Waals surface area contributed by atoms with Crippen molar-refractivity contribution in [2.75, 3.05) is 19.6 Å². The summed E-state index contributed by atoms with van der Waals surface area (Å²) < 4.78 is 15.6. The highest BCUT2D eigenvalue weighted by Crippen LogP contribution is 2.21. The Balaban J connectivity index is 1.53. The predicted octanol–water partition coefficient (Wildman–Crippen LogP) is 2.99. The first-order valence-corrected chi connectivity index (χ1v) is 10.2. The average Bonchev–Trinajstić information content (AvgIpc) is 3.38. The number of hydrogen-bond acceptors (Lipinski definition) is 5. The van der Waals surface area contributed by atoms with E-state index >= 15 is 0 Å². The van der Waals surface area contributed by atoms with Crippen LogP contribution in [0.5, 0.6) is 0 Å². The number of benzene rings is 1. The quantitative estimate of drug-likeness (QED) is 0.679. The fourth-order valence-corrected chi connectivity index (χ4v) is 3.95. The normalized spacial score (nSPS) is 16.7. The van der Waals surface area contributed by atoms with Gasteiger partial charge in [0.1, 0.15) is 5.82 Å². The molecule has 1 unspecified atom stereocenters. The lowest BCUT2D eigenvalue weighted by Gasteiger charge is -2.22. The lowest BCUT2D eigenvalue weighted by molar-refractivity contribution is 0.0940. The number of rotatable bonds is 6. The van der Waals surface area contributed by atoms with Crippen LogP contribution in [0.1, 0.15) is 35.8 Å². The smallest absolute Gasteiger partial charge is 0.254 e. The van der Waals surface area contributed by atoms with Gasteiger partial charge in [0.25, 0.3) is 11.9 Å². The maximum atomic E-state index is 14.1. The van der Waals surface area contributed by atoms with Crippen molar-refractivity contribution in [2.24, 2.45) is 0 Å². The second kappa shape index (κ2) is 8.71. The van der Waals surface area contributed by atoms with Crippen molar-refractivity contribution >= 4 is 5.91 Å². The van der Waals surface area contributed by atoms with E-state index in [1.54, 1.807) is 37.4 Å². The van der Waals surface area contributed by atoms with E-state index in [0.29, 0.717) is 41.0 Å². The van der Waals surface area contributed by atoms with E-state index in [0.717, 1.165) is 19.5 Å². The van der Waals surface area contributed by atoms with Gasteiger partial charge < -0.3 is 5.32 Å². The maximum Gasteiger partial charge on any atom is 0.254 e. The third-order valence-electron chi connectivity index (χ3n) is 5.64. The van der Waals surface area contributed by atoms with E-state index < -0.39 is 0 Å². The summed E-state index contributed by atoms with van der Waals surface area (Å²) in [5, 5.41) is 7.33. The highest BCUT2D eigenvalue weighted by atomic mass is 19.1. The van der Waals surface area contributed by atoms with Crippen molar-refractivity contribution in [1.29, 1.82) is 0 Å². The fourth-order valence-electron chi connectivity index (χ4n) is 3.95. The summed E-state index contributed by atoms with van der Waals surface area (Å²) in [7, 11) is 0. The predicted molar refractivity (Wildman–Crippen MR) is 112 cm³/mol. The van der Waals surface area contributed by atoms with Crippen molar-refractivity contribution in [3.63, 3.8) is 0 Å². The number of carbonyl (C=O) groups is 1. The van der Waals surface area contributed by atoms with E-state index in [1.165, 1.54) is 23.4 Å². The molecule has 30 heavy (non-hydrogen) atoms. The number of likely N-dealkylation sites (tertiary alicyclic amines) is 1. The lowest BCUT2D eigenvalue weighted by atomic mass is 10.1. The topological polar surface area (TPSA) is 75.9 Å². The van der Waals surface area contributed by atoms with Gasteiger partial charge in [-0.05, 0) is 51.1 Å². The fraction of sp³-hybridized carbons (Fsp3) is 0.364. The number of likely N-dealkylation sites (N-methyl/N-ethyl adjacent to an activating group) is 1. The molecule has 1 N–H and O–H groups in total. The van der Waals surface area contributed by atoms with Gasteiger partial charge in [0.05, 0.1) is 23.1 Å². The van der Waals surface area contributed by atoms with Crippen molar-refractivity contribution in [2.45, 2.75) is 32.7 Å². The van der Waals surface area contributed by atoms with Gasteiger partial charge in [0.2, 0.25) is 0 Å². The van der Waals surface area contributed by atoms with E-state index in [4.69, 9.17) is 0 Å². The zero-order valence-corrected chi connectivity index (χ0v) is 17.2. The van der Waals surface area contributed by atoms with E-state index in [-0.39, 0.29) is 11.7 Å². The van der Waals surface area contributed by atoms with Crippen LogP contribution in [0.3, 0.4) is 0 Å². The number of carbonyl (C=O) groups excluding carboxylic acids is 1. The molecule has 8 heteroatoms.